The molecule has 1 aliphatic heterocycles. The van der Waals surface area contributed by atoms with Crippen LogP contribution in [0.3, 0.4) is 0 Å². The van der Waals surface area contributed by atoms with Gasteiger partial charge in [-0.25, -0.2) is 0 Å². The Balaban J connectivity index is 0.000000246. The minimum Gasteiger partial charge on any atom is -0.502 e. The number of aryl methyl sites for hydroxylation is 6. The van der Waals surface area contributed by atoms with Gasteiger partial charge in [0.2, 0.25) is 0 Å². The number of hydrogen-bond donors (Lipinski definition) is 0. The van der Waals surface area contributed by atoms with Crippen molar-refractivity contribution in [2.75, 3.05) is 22.9 Å². The normalized spacial score (nSPS) is 14.0. The Bertz CT molecular complexity index is 1410. The minimum atomic E-state index is -1.89. The number of benzene rings is 3. The van der Waals surface area contributed by atoms with E-state index in [4.69, 9.17) is 24.1 Å². The van der Waals surface area contributed by atoms with Gasteiger partial charge in [-0.15, -0.1) is 0 Å². The standard InChI is InChI=1S/C21H27N2.C18H28O.2ClH.Ru/c1-14-9-16(3)20(17(4)10-14)22-7-8-23(13-22)21-18(5)11-15(2)12-19(21)6;1-13(2)19-16-10-9-15(11-14(16)3)18(7,8)12-17(4,5)6;;;/h9-13H,7-8H2,1-6H3;3,9-11,13H,12H2,1-2,4-8H3;2*1H;/q-1;;;;+2/p-2. The Labute approximate surface area is 287 Å². The van der Waals surface area contributed by atoms with E-state index in [0.29, 0.717) is 0 Å². The molecule has 0 atom stereocenters. The summed E-state index contributed by atoms with van der Waals surface area (Å²) in [5.41, 5.74) is 13.5. The average molecular weight is 740 g/mol. The molecule has 1 aliphatic rings. The Morgan fingerprint density at radius 2 is 1.22 bits per heavy atom. The summed E-state index contributed by atoms with van der Waals surface area (Å²) in [7, 11) is 12.2. The van der Waals surface area contributed by atoms with E-state index in [1.807, 2.05) is 18.5 Å². The third kappa shape index (κ3) is 10.6. The van der Waals surface area contributed by atoms with Crippen LogP contribution in [0.15, 0.2) is 42.5 Å². The van der Waals surface area contributed by atoms with Crippen LogP contribution in [-0.2, 0) is 18.9 Å². The molecule has 0 bridgehead atoms. The van der Waals surface area contributed by atoms with Crippen LogP contribution in [0.5, 0.6) is 5.75 Å². The second-order valence-electron chi connectivity index (χ2n) is 14.8. The summed E-state index contributed by atoms with van der Waals surface area (Å²) in [4.78, 5) is 4.81. The molecule has 0 spiro atoms. The fourth-order valence-electron chi connectivity index (χ4n) is 7.01. The molecule has 0 radical (unpaired) electrons. The van der Waals surface area contributed by atoms with E-state index in [1.165, 1.54) is 50.3 Å². The molecule has 1 heterocycles. The Morgan fingerprint density at radius 3 is 1.60 bits per heavy atom. The van der Waals surface area contributed by atoms with E-state index in [9.17, 15) is 0 Å². The first-order valence-electron chi connectivity index (χ1n) is 16.0. The monoisotopic (exact) mass is 739 g/mol. The molecule has 0 saturated carbocycles. The van der Waals surface area contributed by atoms with Crippen LogP contribution in [-0.4, -0.2) is 23.8 Å². The second-order valence-corrected chi connectivity index (χ2v) is 20.6. The number of ether oxygens (including phenoxy) is 1. The van der Waals surface area contributed by atoms with Crippen molar-refractivity contribution in [2.24, 2.45) is 5.41 Å². The molecule has 0 N–H and O–H groups in total. The molecule has 3 nitrogen and oxygen atoms in total. The fourth-order valence-corrected chi connectivity index (χ4v) is 8.79. The summed E-state index contributed by atoms with van der Waals surface area (Å²) >= 11 is -1.89. The Hall–Kier alpha value is -1.87. The summed E-state index contributed by atoms with van der Waals surface area (Å²) < 4.78 is 7.86. The summed E-state index contributed by atoms with van der Waals surface area (Å²) in [6.45, 7) is 33.0. The van der Waals surface area contributed by atoms with Gasteiger partial charge in [-0.1, -0.05) is 35.4 Å². The molecule has 250 valence electrons. The third-order valence-electron chi connectivity index (χ3n) is 8.02. The number of halogens is 2. The van der Waals surface area contributed by atoms with Crippen molar-refractivity contribution in [1.82, 2.24) is 0 Å². The average Bonchev–Trinajstić information content (AvgIpc) is 3.31. The second kappa shape index (κ2) is 15.4. The van der Waals surface area contributed by atoms with Gasteiger partial charge in [-0.2, -0.15) is 6.67 Å². The van der Waals surface area contributed by atoms with Crippen LogP contribution >= 0.6 is 19.4 Å². The summed E-state index contributed by atoms with van der Waals surface area (Å²) in [5, 5.41) is 0. The molecular weight excluding hydrogens is 684 g/mol. The first-order chi connectivity index (χ1) is 20.8. The summed E-state index contributed by atoms with van der Waals surface area (Å²) in [6.07, 6.45) is 1.24. The maximum Gasteiger partial charge on any atom is 0.0146 e. The van der Waals surface area contributed by atoms with Gasteiger partial charge in [-0.3, -0.25) is 0 Å². The largest absolute Gasteiger partial charge is 0.502 e. The molecule has 0 aromatic heterocycles. The van der Waals surface area contributed by atoms with Gasteiger partial charge in [-0.05, 0) is 63.8 Å². The predicted molar refractivity (Wildman–Crippen MR) is 196 cm³/mol. The van der Waals surface area contributed by atoms with E-state index >= 15 is 0 Å². The first kappa shape index (κ1) is 37.6. The topological polar surface area (TPSA) is 15.7 Å². The molecule has 4 rings (SSSR count). The quantitative estimate of drug-likeness (QED) is 0.177. The van der Waals surface area contributed by atoms with Crippen LogP contribution in [0, 0.1) is 53.6 Å². The van der Waals surface area contributed by atoms with E-state index in [1.54, 1.807) is 0 Å². The summed E-state index contributed by atoms with van der Waals surface area (Å²) in [5.74, 6) is 0.866. The summed E-state index contributed by atoms with van der Waals surface area (Å²) in [6, 6.07) is 15.5. The van der Waals surface area contributed by atoms with Crippen LogP contribution < -0.4 is 14.5 Å². The minimum absolute atomic E-state index is 0.0907. The third-order valence-corrected chi connectivity index (χ3v) is 9.85. The Kier molecular flexibility index (Phi) is 12.8. The Morgan fingerprint density at radius 1 is 0.778 bits per heavy atom. The predicted octanol–water partition coefficient (Wildman–Crippen LogP) is 11.2. The fraction of sp³-hybridized carbons (Fsp3) is 0.487. The molecule has 6 heteroatoms. The van der Waals surface area contributed by atoms with E-state index in [-0.39, 0.29) is 16.9 Å². The zero-order chi connectivity index (χ0) is 33.9. The number of rotatable bonds is 7. The van der Waals surface area contributed by atoms with Gasteiger partial charge in [0.05, 0.1) is 0 Å². The van der Waals surface area contributed by atoms with Crippen molar-refractivity contribution in [3.63, 3.8) is 0 Å². The number of anilines is 2. The number of nitrogens with zero attached hydrogens (tertiary/aromatic N) is 2. The first-order valence-corrected chi connectivity index (χ1v) is 21.4. The molecule has 45 heavy (non-hydrogen) atoms. The van der Waals surface area contributed by atoms with Gasteiger partial charge in [0.25, 0.3) is 0 Å². The van der Waals surface area contributed by atoms with Crippen molar-refractivity contribution >= 4 is 35.4 Å². The molecule has 1 saturated heterocycles. The van der Waals surface area contributed by atoms with Crippen molar-refractivity contribution < 1.29 is 18.3 Å². The maximum absolute atomic E-state index is 6.09. The molecule has 1 fully saturated rings. The molecule has 3 aromatic carbocycles. The van der Waals surface area contributed by atoms with Crippen LogP contribution in [0.25, 0.3) is 0 Å². The van der Waals surface area contributed by atoms with Crippen molar-refractivity contribution in [1.29, 1.82) is 0 Å². The van der Waals surface area contributed by atoms with Crippen molar-refractivity contribution in [3.8, 4) is 5.75 Å². The molecule has 0 aliphatic carbocycles. The SMILES string of the molecule is CC(C)Oc1ccc(C(C)(C)CC(C)(C)C)cc1[CH]=[Ru]([Cl])[Cl].Cc1cc(C)c(N2[CH-]N(c3c(C)cc(C)cc3C)CC2)c(C)c1. The van der Waals surface area contributed by atoms with Gasteiger partial charge in [0, 0.05) is 24.5 Å². The zero-order valence-corrected chi connectivity index (χ0v) is 33.1. The smallest absolute Gasteiger partial charge is 0.0146 e. The van der Waals surface area contributed by atoms with Gasteiger partial charge >= 0.3 is 149 Å². The van der Waals surface area contributed by atoms with Crippen LogP contribution in [0.2, 0.25) is 0 Å². The molecule has 3 aromatic rings. The van der Waals surface area contributed by atoms with Crippen molar-refractivity contribution in [3.05, 3.63) is 93.6 Å². The molecule has 0 amide bonds. The van der Waals surface area contributed by atoms with E-state index in [2.05, 4.69) is 135 Å². The van der Waals surface area contributed by atoms with E-state index in [0.717, 1.165) is 30.8 Å². The van der Waals surface area contributed by atoms with E-state index < -0.39 is 13.5 Å². The maximum atomic E-state index is 6.09. The van der Waals surface area contributed by atoms with Crippen LogP contribution in [0.1, 0.15) is 99.4 Å². The van der Waals surface area contributed by atoms with Crippen LogP contribution in [0.4, 0.5) is 11.4 Å². The number of hydrogen-bond acceptors (Lipinski definition) is 3. The van der Waals surface area contributed by atoms with Gasteiger partial charge in [0.1, 0.15) is 0 Å². The molecular formula is C39H55Cl2N2ORu-. The van der Waals surface area contributed by atoms with Gasteiger partial charge in [0.15, 0.2) is 0 Å². The van der Waals surface area contributed by atoms with Crippen molar-refractivity contribution in [2.45, 2.75) is 108 Å². The van der Waals surface area contributed by atoms with Gasteiger partial charge < -0.3 is 9.80 Å². The zero-order valence-electron chi connectivity index (χ0n) is 29.8. The molecule has 0 unspecified atom stereocenters.